The summed E-state index contributed by atoms with van der Waals surface area (Å²) in [6.07, 6.45) is 0. The van der Waals surface area contributed by atoms with E-state index in [4.69, 9.17) is 4.74 Å². The SMILES string of the molecule is COc1cccc(NC(=O)CSc2cccc(NC(=O)c3cccc4cccc(C(=O)O)c34)c2)c1. The van der Waals surface area contributed by atoms with Crippen molar-refractivity contribution in [2.75, 3.05) is 23.5 Å². The first-order valence-electron chi connectivity index (χ1n) is 10.7. The molecule has 4 aromatic rings. The van der Waals surface area contributed by atoms with Crippen molar-refractivity contribution in [1.82, 2.24) is 0 Å². The van der Waals surface area contributed by atoms with Crippen LogP contribution in [0.15, 0.2) is 89.8 Å². The van der Waals surface area contributed by atoms with Crippen LogP contribution in [0.2, 0.25) is 0 Å². The van der Waals surface area contributed by atoms with E-state index in [9.17, 15) is 19.5 Å². The predicted octanol–water partition coefficient (Wildman–Crippen LogP) is 5.53. The summed E-state index contributed by atoms with van der Waals surface area (Å²) in [5.74, 6) is -0.848. The topological polar surface area (TPSA) is 105 Å². The highest BCUT2D eigenvalue weighted by Crippen LogP contribution is 2.26. The summed E-state index contributed by atoms with van der Waals surface area (Å²) in [5.41, 5.74) is 1.53. The van der Waals surface area contributed by atoms with E-state index in [0.29, 0.717) is 27.9 Å². The van der Waals surface area contributed by atoms with Gasteiger partial charge in [0.05, 0.1) is 18.4 Å². The number of carboxylic acid groups (broad SMARTS) is 1. The van der Waals surface area contributed by atoms with Gasteiger partial charge >= 0.3 is 5.97 Å². The van der Waals surface area contributed by atoms with Gasteiger partial charge in [-0.3, -0.25) is 9.59 Å². The molecule has 0 saturated carbocycles. The maximum absolute atomic E-state index is 13.1. The van der Waals surface area contributed by atoms with E-state index in [2.05, 4.69) is 10.6 Å². The zero-order valence-corrected chi connectivity index (χ0v) is 19.6. The Morgan fingerprint density at radius 1 is 0.829 bits per heavy atom. The van der Waals surface area contributed by atoms with Gasteiger partial charge in [0.25, 0.3) is 5.91 Å². The van der Waals surface area contributed by atoms with Crippen molar-refractivity contribution in [1.29, 1.82) is 0 Å². The van der Waals surface area contributed by atoms with Crippen LogP contribution in [-0.2, 0) is 4.79 Å². The number of amides is 2. The highest BCUT2D eigenvalue weighted by atomic mass is 32.2. The molecule has 0 radical (unpaired) electrons. The van der Waals surface area contributed by atoms with E-state index in [1.807, 2.05) is 6.07 Å². The number of carbonyl (C=O) groups is 3. The van der Waals surface area contributed by atoms with Crippen molar-refractivity contribution in [2.24, 2.45) is 0 Å². The van der Waals surface area contributed by atoms with Crippen LogP contribution in [0.25, 0.3) is 10.8 Å². The average molecular weight is 487 g/mol. The zero-order valence-electron chi connectivity index (χ0n) is 18.8. The predicted molar refractivity (Wildman–Crippen MR) is 138 cm³/mol. The fraction of sp³-hybridized carbons (Fsp3) is 0.0741. The average Bonchev–Trinajstić information content (AvgIpc) is 2.87. The molecule has 0 unspecified atom stereocenters. The molecular weight excluding hydrogens is 464 g/mol. The Hall–Kier alpha value is -4.30. The van der Waals surface area contributed by atoms with E-state index < -0.39 is 11.9 Å². The highest BCUT2D eigenvalue weighted by molar-refractivity contribution is 8.00. The van der Waals surface area contributed by atoms with Gasteiger partial charge < -0.3 is 20.5 Å². The molecule has 176 valence electrons. The summed E-state index contributed by atoms with van der Waals surface area (Å²) in [7, 11) is 1.56. The molecule has 0 aliphatic heterocycles. The minimum Gasteiger partial charge on any atom is -0.497 e. The van der Waals surface area contributed by atoms with Crippen LogP contribution in [0.1, 0.15) is 20.7 Å². The van der Waals surface area contributed by atoms with E-state index in [1.165, 1.54) is 17.8 Å². The molecule has 0 aliphatic rings. The first-order valence-corrected chi connectivity index (χ1v) is 11.7. The van der Waals surface area contributed by atoms with E-state index in [-0.39, 0.29) is 22.8 Å². The number of rotatable bonds is 8. The van der Waals surface area contributed by atoms with E-state index in [0.717, 1.165) is 4.90 Å². The van der Waals surface area contributed by atoms with Crippen LogP contribution in [0.4, 0.5) is 11.4 Å². The molecule has 0 fully saturated rings. The third kappa shape index (κ3) is 5.80. The minimum absolute atomic E-state index is 0.0691. The van der Waals surface area contributed by atoms with Gasteiger partial charge in [-0.25, -0.2) is 4.79 Å². The third-order valence-electron chi connectivity index (χ3n) is 5.20. The highest BCUT2D eigenvalue weighted by Gasteiger charge is 2.17. The number of fused-ring (bicyclic) bond motifs is 1. The molecule has 0 atom stereocenters. The molecule has 8 heteroatoms. The molecule has 35 heavy (non-hydrogen) atoms. The lowest BCUT2D eigenvalue weighted by molar-refractivity contribution is -0.113. The van der Waals surface area contributed by atoms with Crippen LogP contribution in [-0.4, -0.2) is 35.8 Å². The number of benzene rings is 4. The van der Waals surface area contributed by atoms with Crippen molar-refractivity contribution < 1.29 is 24.2 Å². The van der Waals surface area contributed by atoms with Crippen LogP contribution >= 0.6 is 11.8 Å². The summed E-state index contributed by atoms with van der Waals surface area (Å²) in [4.78, 5) is 37.9. The summed E-state index contributed by atoms with van der Waals surface area (Å²) < 4.78 is 5.16. The summed E-state index contributed by atoms with van der Waals surface area (Å²) in [6, 6.07) is 24.2. The first kappa shape index (κ1) is 23.8. The van der Waals surface area contributed by atoms with Gasteiger partial charge in [0.2, 0.25) is 5.91 Å². The molecule has 4 aromatic carbocycles. The van der Waals surface area contributed by atoms with Gasteiger partial charge in [-0.1, -0.05) is 36.4 Å². The molecule has 0 aromatic heterocycles. The number of hydrogen-bond acceptors (Lipinski definition) is 5. The molecule has 0 saturated heterocycles. The monoisotopic (exact) mass is 486 g/mol. The molecule has 0 bridgehead atoms. The Balaban J connectivity index is 1.45. The molecule has 0 spiro atoms. The van der Waals surface area contributed by atoms with Crippen LogP contribution < -0.4 is 15.4 Å². The molecule has 2 amide bonds. The number of methoxy groups -OCH3 is 1. The van der Waals surface area contributed by atoms with Crippen molar-refractivity contribution >= 4 is 51.7 Å². The summed E-state index contributed by atoms with van der Waals surface area (Å²) in [6.45, 7) is 0. The van der Waals surface area contributed by atoms with Gasteiger partial charge in [-0.05, 0) is 47.9 Å². The molecule has 0 heterocycles. The second-order valence-electron chi connectivity index (χ2n) is 7.57. The van der Waals surface area contributed by atoms with Gasteiger partial charge in [-0.2, -0.15) is 0 Å². The lowest BCUT2D eigenvalue weighted by Gasteiger charge is -2.11. The Morgan fingerprint density at radius 2 is 1.49 bits per heavy atom. The third-order valence-corrected chi connectivity index (χ3v) is 6.19. The lowest BCUT2D eigenvalue weighted by atomic mass is 9.98. The zero-order chi connectivity index (χ0) is 24.8. The van der Waals surface area contributed by atoms with Crippen LogP contribution in [0.5, 0.6) is 5.75 Å². The Kier molecular flexibility index (Phi) is 7.32. The van der Waals surface area contributed by atoms with Gasteiger partial charge in [0.1, 0.15) is 5.75 Å². The molecule has 7 nitrogen and oxygen atoms in total. The molecule has 3 N–H and O–H groups in total. The fourth-order valence-corrected chi connectivity index (χ4v) is 4.37. The number of ether oxygens (including phenoxy) is 1. The lowest BCUT2D eigenvalue weighted by Crippen LogP contribution is -2.14. The van der Waals surface area contributed by atoms with Gasteiger partial charge in [-0.15, -0.1) is 11.8 Å². The number of carboxylic acids is 1. The summed E-state index contributed by atoms with van der Waals surface area (Å²) in [5, 5.41) is 16.3. The standard InChI is InChI=1S/C27H22N2O5S/c1-34-20-10-4-8-18(14-20)28-24(30)16-35-21-11-5-9-19(15-21)29-26(31)22-12-2-6-17-7-3-13-23(25(17)22)27(32)33/h2-15H,16H2,1H3,(H,28,30)(H,29,31)(H,32,33). The first-order chi connectivity index (χ1) is 16.9. The van der Waals surface area contributed by atoms with Crippen molar-refractivity contribution in [3.05, 3.63) is 96.1 Å². The van der Waals surface area contributed by atoms with Gasteiger partial charge in [0, 0.05) is 33.3 Å². The van der Waals surface area contributed by atoms with Crippen LogP contribution in [0.3, 0.4) is 0 Å². The molecule has 0 aliphatic carbocycles. The van der Waals surface area contributed by atoms with Crippen molar-refractivity contribution in [2.45, 2.75) is 4.90 Å². The molecule has 4 rings (SSSR count). The second-order valence-corrected chi connectivity index (χ2v) is 8.61. The maximum atomic E-state index is 13.1. The second kappa shape index (κ2) is 10.8. The minimum atomic E-state index is -1.10. The fourth-order valence-electron chi connectivity index (χ4n) is 3.62. The largest absolute Gasteiger partial charge is 0.497 e. The van der Waals surface area contributed by atoms with Gasteiger partial charge in [0.15, 0.2) is 0 Å². The Bertz CT molecular complexity index is 1410. The number of hydrogen-bond donors (Lipinski definition) is 3. The van der Waals surface area contributed by atoms with E-state index >= 15 is 0 Å². The summed E-state index contributed by atoms with van der Waals surface area (Å²) >= 11 is 1.33. The number of thioether (sulfide) groups is 1. The number of anilines is 2. The quantitative estimate of drug-likeness (QED) is 0.283. The molecular formula is C27H22N2O5S. The van der Waals surface area contributed by atoms with E-state index in [1.54, 1.807) is 79.9 Å². The number of carbonyl (C=O) groups excluding carboxylic acids is 2. The Morgan fingerprint density at radius 3 is 2.20 bits per heavy atom. The van der Waals surface area contributed by atoms with Crippen molar-refractivity contribution in [3.8, 4) is 5.75 Å². The smallest absolute Gasteiger partial charge is 0.336 e. The number of nitrogens with one attached hydrogen (secondary N) is 2. The van der Waals surface area contributed by atoms with Crippen LogP contribution in [0, 0.1) is 0 Å². The maximum Gasteiger partial charge on any atom is 0.336 e. The number of aromatic carboxylic acids is 1. The normalized spacial score (nSPS) is 10.5. The Labute approximate surface area is 206 Å². The van der Waals surface area contributed by atoms with Crippen molar-refractivity contribution in [3.63, 3.8) is 0 Å².